The van der Waals surface area contributed by atoms with E-state index in [-0.39, 0.29) is 17.8 Å². The Labute approximate surface area is 191 Å². The first kappa shape index (κ1) is 22.7. The van der Waals surface area contributed by atoms with Gasteiger partial charge in [0, 0.05) is 18.1 Å². The van der Waals surface area contributed by atoms with E-state index in [0.717, 1.165) is 0 Å². The number of hydrogen-bond acceptors (Lipinski definition) is 12. The molecule has 0 radical (unpaired) electrons. The van der Waals surface area contributed by atoms with Crippen LogP contribution in [0.1, 0.15) is 20.8 Å². The highest BCUT2D eigenvalue weighted by atomic mass is 32.2. The van der Waals surface area contributed by atoms with Crippen molar-refractivity contribution in [2.45, 2.75) is 37.2 Å². The number of hydrogen-bond donors (Lipinski definition) is 1. The number of β-lactam (4-membered cyclic amide) rings is 1. The van der Waals surface area contributed by atoms with Crippen LogP contribution in [0.2, 0.25) is 0 Å². The van der Waals surface area contributed by atoms with Crippen molar-refractivity contribution in [3.8, 4) is 0 Å². The zero-order chi connectivity index (χ0) is 23.1. The van der Waals surface area contributed by atoms with Gasteiger partial charge in [0.25, 0.3) is 0 Å². The third-order valence-electron chi connectivity index (χ3n) is 5.15. The fourth-order valence-corrected chi connectivity index (χ4v) is 5.87. The van der Waals surface area contributed by atoms with Gasteiger partial charge in [0.1, 0.15) is 21.9 Å². The van der Waals surface area contributed by atoms with Gasteiger partial charge in [0.15, 0.2) is 5.65 Å². The van der Waals surface area contributed by atoms with Crippen molar-refractivity contribution < 1.29 is 23.9 Å². The Morgan fingerprint density at radius 2 is 2.12 bits per heavy atom. The Morgan fingerprint density at radius 1 is 1.34 bits per heavy atom. The Morgan fingerprint density at radius 3 is 2.88 bits per heavy atom. The number of tetrazole rings is 1. The smallest absolute Gasteiger partial charge is 0.318 e. The highest BCUT2D eigenvalue weighted by molar-refractivity contribution is 8.00. The molecule has 0 saturated carbocycles. The van der Waals surface area contributed by atoms with Crippen LogP contribution in [0.15, 0.2) is 17.2 Å². The summed E-state index contributed by atoms with van der Waals surface area (Å²) in [6.07, 6.45) is 0. The fourth-order valence-electron chi connectivity index (χ4n) is 3.23. The number of aromatic nitrogens is 5. The first-order valence-corrected chi connectivity index (χ1v) is 11.8. The van der Waals surface area contributed by atoms with Gasteiger partial charge >= 0.3 is 11.9 Å². The predicted octanol–water partition coefficient (Wildman–Crippen LogP) is -0.0698. The van der Waals surface area contributed by atoms with Crippen molar-refractivity contribution in [2.24, 2.45) is 16.6 Å². The molecule has 0 aromatic carbocycles. The molecule has 3 atom stereocenters. The van der Waals surface area contributed by atoms with Crippen LogP contribution in [-0.2, 0) is 23.9 Å². The molecule has 12 nitrogen and oxygen atoms in total. The van der Waals surface area contributed by atoms with Gasteiger partial charge in [-0.05, 0) is 43.3 Å². The second-order valence-corrected chi connectivity index (χ2v) is 10.8. The van der Waals surface area contributed by atoms with E-state index >= 15 is 0 Å². The fraction of sp³-hybridized carbons (Fsp3) is 0.611. The second-order valence-electron chi connectivity index (χ2n) is 8.69. The van der Waals surface area contributed by atoms with Crippen LogP contribution < -0.4 is 5.73 Å². The van der Waals surface area contributed by atoms with E-state index in [9.17, 15) is 14.4 Å². The lowest BCUT2D eigenvalue weighted by Gasteiger charge is -2.53. The zero-order valence-electron chi connectivity index (χ0n) is 17.8. The number of thioether (sulfide) groups is 2. The lowest BCUT2D eigenvalue weighted by Crippen LogP contribution is -2.72. The summed E-state index contributed by atoms with van der Waals surface area (Å²) in [5.41, 5.74) is 4.65. The third-order valence-corrected chi connectivity index (χ3v) is 7.97. The molecule has 2 aliphatic heterocycles. The summed E-state index contributed by atoms with van der Waals surface area (Å²) in [6, 6.07) is 2.91. The maximum absolute atomic E-state index is 13.1. The molecule has 14 heteroatoms. The number of fused-ring (bicyclic) bond motifs is 2. The molecular formula is C18H23N7O5S2. The first-order valence-electron chi connectivity index (χ1n) is 9.81. The molecule has 2 aromatic heterocycles. The molecule has 2 aromatic rings. The highest BCUT2D eigenvalue weighted by Crippen LogP contribution is 2.44. The van der Waals surface area contributed by atoms with Crippen LogP contribution >= 0.6 is 23.5 Å². The number of amides is 1. The van der Waals surface area contributed by atoms with Crippen LogP contribution in [0.25, 0.3) is 5.65 Å². The summed E-state index contributed by atoms with van der Waals surface area (Å²) in [4.78, 5) is 38.9. The molecule has 2 unspecified atom stereocenters. The molecule has 1 amide bonds. The molecule has 2 aliphatic rings. The maximum Gasteiger partial charge on any atom is 0.318 e. The largest absolute Gasteiger partial charge is 0.427 e. The molecule has 0 bridgehead atoms. The first-order chi connectivity index (χ1) is 15.1. The zero-order valence-corrected chi connectivity index (χ0v) is 19.4. The topological polar surface area (TPSA) is 155 Å². The summed E-state index contributed by atoms with van der Waals surface area (Å²) in [5, 5.41) is 15.9. The summed E-state index contributed by atoms with van der Waals surface area (Å²) in [5.74, 6) is -0.527. The van der Waals surface area contributed by atoms with Gasteiger partial charge in [-0.1, -0.05) is 0 Å². The molecule has 4 heterocycles. The second kappa shape index (κ2) is 8.48. The Kier molecular flexibility index (Phi) is 6.02. The third kappa shape index (κ3) is 4.26. The average Bonchev–Trinajstić information content (AvgIpc) is 3.24. The van der Waals surface area contributed by atoms with Gasteiger partial charge in [-0.2, -0.15) is 0 Å². The SMILES string of the molecule is CC(C)(C)C(=O)OCOC(=O)C1(CSc2ccc3nnnn3n2)CS[C@@H]2C(N)C(=O)N2C1. The number of ether oxygens (including phenoxy) is 2. The van der Waals surface area contributed by atoms with Crippen LogP contribution in [-0.4, -0.2) is 84.3 Å². The summed E-state index contributed by atoms with van der Waals surface area (Å²) >= 11 is 2.77. The molecule has 0 spiro atoms. The molecule has 32 heavy (non-hydrogen) atoms. The Hall–Kier alpha value is -2.45. The summed E-state index contributed by atoms with van der Waals surface area (Å²) < 4.78 is 11.7. The van der Waals surface area contributed by atoms with E-state index in [1.165, 1.54) is 28.2 Å². The normalized spacial score (nSPS) is 25.2. The van der Waals surface area contributed by atoms with Crippen molar-refractivity contribution in [3.05, 3.63) is 12.1 Å². The van der Waals surface area contributed by atoms with Crippen LogP contribution in [0.4, 0.5) is 0 Å². The van der Waals surface area contributed by atoms with E-state index in [0.29, 0.717) is 22.2 Å². The number of nitrogens with two attached hydrogens (primary N) is 1. The predicted molar refractivity (Wildman–Crippen MR) is 114 cm³/mol. The quantitative estimate of drug-likeness (QED) is 0.254. The molecule has 2 fully saturated rings. The van der Waals surface area contributed by atoms with Crippen LogP contribution in [0.5, 0.6) is 0 Å². The van der Waals surface area contributed by atoms with Crippen molar-refractivity contribution in [1.29, 1.82) is 0 Å². The molecule has 2 N–H and O–H groups in total. The maximum atomic E-state index is 13.1. The number of rotatable bonds is 6. The molecule has 2 saturated heterocycles. The van der Waals surface area contributed by atoms with E-state index in [1.807, 2.05) is 0 Å². The van der Waals surface area contributed by atoms with Crippen molar-refractivity contribution in [2.75, 3.05) is 24.8 Å². The van der Waals surface area contributed by atoms with Gasteiger partial charge in [0.05, 0.1) is 5.41 Å². The van der Waals surface area contributed by atoms with Crippen molar-refractivity contribution in [3.63, 3.8) is 0 Å². The van der Waals surface area contributed by atoms with Crippen molar-refractivity contribution in [1.82, 2.24) is 30.2 Å². The monoisotopic (exact) mass is 481 g/mol. The van der Waals surface area contributed by atoms with Gasteiger partial charge in [-0.3, -0.25) is 14.4 Å². The average molecular weight is 482 g/mol. The van der Waals surface area contributed by atoms with E-state index in [1.54, 1.807) is 37.8 Å². The molecular weight excluding hydrogens is 458 g/mol. The Bertz CT molecular complexity index is 1060. The number of esters is 2. The molecule has 172 valence electrons. The molecule has 4 rings (SSSR count). The van der Waals surface area contributed by atoms with Gasteiger partial charge in [-0.25, -0.2) is 0 Å². The summed E-state index contributed by atoms with van der Waals surface area (Å²) in [7, 11) is 0. The van der Waals surface area contributed by atoms with Gasteiger partial charge < -0.3 is 20.1 Å². The van der Waals surface area contributed by atoms with E-state index in [2.05, 4.69) is 20.6 Å². The van der Waals surface area contributed by atoms with E-state index < -0.39 is 35.6 Å². The van der Waals surface area contributed by atoms with Gasteiger partial charge in [0.2, 0.25) is 12.7 Å². The lowest BCUT2D eigenvalue weighted by atomic mass is 9.89. The highest BCUT2D eigenvalue weighted by Gasteiger charge is 2.56. The molecule has 0 aliphatic carbocycles. The minimum atomic E-state index is -1.02. The minimum absolute atomic E-state index is 0.150. The van der Waals surface area contributed by atoms with E-state index in [4.69, 9.17) is 15.2 Å². The van der Waals surface area contributed by atoms with Crippen LogP contribution in [0, 0.1) is 10.8 Å². The van der Waals surface area contributed by atoms with Crippen molar-refractivity contribution >= 4 is 47.0 Å². The number of carbonyl (C=O) groups is 3. The standard InChI is InChI=1S/C18H23N7O5S2/c1-17(2,3)15(27)29-9-30-16(28)18(6-24-13(26)12(19)14(24)32-8-18)7-31-11-5-4-10-20-22-23-25(10)21-11/h4-5,12,14H,6-9,19H2,1-3H3/t12?,14-,18?/m1/s1. The minimum Gasteiger partial charge on any atom is -0.427 e. The van der Waals surface area contributed by atoms with Gasteiger partial charge in [-0.15, -0.1) is 38.4 Å². The number of carbonyl (C=O) groups excluding carboxylic acids is 3. The number of nitrogens with zero attached hydrogens (tertiary/aromatic N) is 6. The lowest BCUT2D eigenvalue weighted by molar-refractivity contribution is -0.179. The summed E-state index contributed by atoms with van der Waals surface area (Å²) in [6.45, 7) is 4.81. The van der Waals surface area contributed by atoms with Crippen LogP contribution in [0.3, 0.4) is 0 Å². The Balaban J connectivity index is 1.47.